The van der Waals surface area contributed by atoms with Crippen LogP contribution in [0.1, 0.15) is 35.8 Å². The molecule has 27 heavy (non-hydrogen) atoms. The van der Waals surface area contributed by atoms with E-state index in [1.807, 2.05) is 37.3 Å². The van der Waals surface area contributed by atoms with Crippen LogP contribution in [0.15, 0.2) is 42.5 Å². The molecular weight excluding hydrogens is 380 g/mol. The molecule has 0 saturated heterocycles. The lowest BCUT2D eigenvalue weighted by atomic mass is 10.0. The van der Waals surface area contributed by atoms with Crippen LogP contribution < -0.4 is 5.32 Å². The van der Waals surface area contributed by atoms with Gasteiger partial charge in [-0.2, -0.15) is 0 Å². The molecule has 4 nitrogen and oxygen atoms in total. The van der Waals surface area contributed by atoms with Gasteiger partial charge < -0.3 is 10.4 Å². The lowest BCUT2D eigenvalue weighted by Crippen LogP contribution is -1.99. The molecular formula is C21H21ClN2O2S. The van der Waals surface area contributed by atoms with Crippen molar-refractivity contribution in [2.45, 2.75) is 33.1 Å². The minimum Gasteiger partial charge on any atom is -0.481 e. The standard InChI is InChI=1S/C21H21ClN2O2S/c1-12(2)14-5-7-15(8-6-14)20-18(11-19(25)26)27-21(24-20)23-16-9-4-13(3)17(22)10-16/h4-10,12H,11H2,1-3H3,(H,23,24)(H,25,26). The zero-order valence-electron chi connectivity index (χ0n) is 15.4. The van der Waals surface area contributed by atoms with Crippen LogP contribution in [-0.2, 0) is 11.2 Å². The highest BCUT2D eigenvalue weighted by molar-refractivity contribution is 7.16. The van der Waals surface area contributed by atoms with E-state index in [1.165, 1.54) is 16.9 Å². The SMILES string of the molecule is Cc1ccc(Nc2nc(-c3ccc(C(C)C)cc3)c(CC(=O)O)s2)cc1Cl. The van der Waals surface area contributed by atoms with Gasteiger partial charge in [-0.15, -0.1) is 11.3 Å². The average Bonchev–Trinajstić information content (AvgIpc) is 2.99. The number of nitrogens with zero attached hydrogens (tertiary/aromatic N) is 1. The topological polar surface area (TPSA) is 62.2 Å². The number of rotatable bonds is 6. The number of thiazole rings is 1. The van der Waals surface area contributed by atoms with E-state index in [0.29, 0.717) is 21.8 Å². The van der Waals surface area contributed by atoms with E-state index in [4.69, 9.17) is 11.6 Å². The molecule has 0 aliphatic carbocycles. The summed E-state index contributed by atoms with van der Waals surface area (Å²) in [5.74, 6) is -0.430. The van der Waals surface area contributed by atoms with Crippen LogP contribution in [0.4, 0.5) is 10.8 Å². The van der Waals surface area contributed by atoms with Gasteiger partial charge in [-0.1, -0.05) is 55.8 Å². The fraction of sp³-hybridized carbons (Fsp3) is 0.238. The van der Waals surface area contributed by atoms with Crippen molar-refractivity contribution in [3.05, 3.63) is 63.5 Å². The Morgan fingerprint density at radius 3 is 2.52 bits per heavy atom. The van der Waals surface area contributed by atoms with E-state index in [1.54, 1.807) is 0 Å². The summed E-state index contributed by atoms with van der Waals surface area (Å²) in [6.45, 7) is 6.23. The summed E-state index contributed by atoms with van der Waals surface area (Å²) >= 11 is 7.54. The van der Waals surface area contributed by atoms with E-state index in [-0.39, 0.29) is 6.42 Å². The Balaban J connectivity index is 1.94. The van der Waals surface area contributed by atoms with Gasteiger partial charge in [-0.3, -0.25) is 4.79 Å². The number of hydrogen-bond acceptors (Lipinski definition) is 4. The summed E-state index contributed by atoms with van der Waals surface area (Å²) in [5.41, 5.74) is 4.68. The highest BCUT2D eigenvalue weighted by atomic mass is 35.5. The zero-order valence-corrected chi connectivity index (χ0v) is 17.0. The van der Waals surface area contributed by atoms with Crippen LogP contribution in [-0.4, -0.2) is 16.1 Å². The van der Waals surface area contributed by atoms with Gasteiger partial charge in [0.1, 0.15) is 0 Å². The zero-order chi connectivity index (χ0) is 19.6. The number of carboxylic acid groups (broad SMARTS) is 1. The molecule has 0 bridgehead atoms. The summed E-state index contributed by atoms with van der Waals surface area (Å²) in [7, 11) is 0. The third-order valence-electron chi connectivity index (χ3n) is 4.28. The van der Waals surface area contributed by atoms with E-state index < -0.39 is 5.97 Å². The number of nitrogens with one attached hydrogen (secondary N) is 1. The van der Waals surface area contributed by atoms with Gasteiger partial charge in [-0.05, 0) is 36.1 Å². The second-order valence-corrected chi connectivity index (χ2v) is 8.22. The molecule has 140 valence electrons. The highest BCUT2D eigenvalue weighted by Crippen LogP contribution is 2.34. The number of benzene rings is 2. The van der Waals surface area contributed by atoms with Crippen molar-refractivity contribution in [1.29, 1.82) is 0 Å². The fourth-order valence-electron chi connectivity index (χ4n) is 2.71. The minimum absolute atomic E-state index is 0.0603. The molecule has 0 amide bonds. The molecule has 2 N–H and O–H groups in total. The molecule has 0 unspecified atom stereocenters. The molecule has 1 aromatic heterocycles. The first kappa shape index (κ1) is 19.4. The Morgan fingerprint density at radius 1 is 1.22 bits per heavy atom. The molecule has 0 atom stereocenters. The molecule has 6 heteroatoms. The van der Waals surface area contributed by atoms with Crippen LogP contribution in [0.2, 0.25) is 5.02 Å². The Labute approximate surface area is 167 Å². The third-order valence-corrected chi connectivity index (χ3v) is 5.66. The minimum atomic E-state index is -0.872. The van der Waals surface area contributed by atoms with Crippen LogP contribution in [0.25, 0.3) is 11.3 Å². The maximum atomic E-state index is 11.3. The predicted octanol–water partition coefficient (Wildman–Crippen LogP) is 6.27. The average molecular weight is 401 g/mol. The molecule has 2 aromatic carbocycles. The summed E-state index contributed by atoms with van der Waals surface area (Å²) in [6.07, 6.45) is -0.0603. The Hall–Kier alpha value is -2.37. The summed E-state index contributed by atoms with van der Waals surface area (Å²) < 4.78 is 0. The van der Waals surface area contributed by atoms with Crippen LogP contribution in [0, 0.1) is 6.92 Å². The maximum Gasteiger partial charge on any atom is 0.308 e. The van der Waals surface area contributed by atoms with Crippen molar-refractivity contribution in [2.24, 2.45) is 0 Å². The first-order valence-corrected chi connectivity index (χ1v) is 9.88. The fourth-order valence-corrected chi connectivity index (χ4v) is 3.88. The van der Waals surface area contributed by atoms with Gasteiger partial charge >= 0.3 is 5.97 Å². The smallest absolute Gasteiger partial charge is 0.308 e. The second-order valence-electron chi connectivity index (χ2n) is 6.73. The van der Waals surface area contributed by atoms with Crippen LogP contribution in [0.5, 0.6) is 0 Å². The Bertz CT molecular complexity index is 965. The largest absolute Gasteiger partial charge is 0.481 e. The number of halogens is 1. The van der Waals surface area contributed by atoms with E-state index in [0.717, 1.165) is 21.7 Å². The van der Waals surface area contributed by atoms with E-state index >= 15 is 0 Å². The van der Waals surface area contributed by atoms with Gasteiger partial charge in [0.15, 0.2) is 5.13 Å². The molecule has 0 aliphatic heterocycles. The number of aromatic nitrogens is 1. The van der Waals surface area contributed by atoms with Crippen molar-refractivity contribution in [3.63, 3.8) is 0 Å². The monoisotopic (exact) mass is 400 g/mol. The lowest BCUT2D eigenvalue weighted by Gasteiger charge is -2.06. The summed E-state index contributed by atoms with van der Waals surface area (Å²) in [5, 5.41) is 13.8. The van der Waals surface area contributed by atoms with Crippen LogP contribution >= 0.6 is 22.9 Å². The number of aryl methyl sites for hydroxylation is 1. The van der Waals surface area contributed by atoms with Gasteiger partial charge in [0, 0.05) is 21.2 Å². The quantitative estimate of drug-likeness (QED) is 0.512. The normalized spacial score (nSPS) is 11.0. The third kappa shape index (κ3) is 4.67. The number of carbonyl (C=O) groups is 1. The van der Waals surface area contributed by atoms with Crippen molar-refractivity contribution in [3.8, 4) is 11.3 Å². The molecule has 0 radical (unpaired) electrons. The predicted molar refractivity (Wildman–Crippen MR) is 112 cm³/mol. The molecule has 0 spiro atoms. The van der Waals surface area contributed by atoms with Crippen molar-refractivity contribution < 1.29 is 9.90 Å². The summed E-state index contributed by atoms with van der Waals surface area (Å²) in [6, 6.07) is 13.8. The molecule has 3 rings (SSSR count). The molecule has 3 aromatic rings. The number of anilines is 2. The van der Waals surface area contributed by atoms with Gasteiger partial charge in [0.05, 0.1) is 12.1 Å². The summed E-state index contributed by atoms with van der Waals surface area (Å²) in [4.78, 5) is 16.7. The first-order chi connectivity index (χ1) is 12.8. The number of hydrogen-bond donors (Lipinski definition) is 2. The molecule has 0 fully saturated rings. The van der Waals surface area contributed by atoms with Crippen molar-refractivity contribution in [1.82, 2.24) is 4.98 Å². The van der Waals surface area contributed by atoms with Crippen molar-refractivity contribution >= 4 is 39.7 Å². The molecule has 0 saturated carbocycles. The molecule has 1 heterocycles. The number of carboxylic acids is 1. The van der Waals surface area contributed by atoms with Gasteiger partial charge in [0.25, 0.3) is 0 Å². The Morgan fingerprint density at radius 2 is 1.93 bits per heavy atom. The maximum absolute atomic E-state index is 11.3. The number of aliphatic carboxylic acids is 1. The van der Waals surface area contributed by atoms with Crippen molar-refractivity contribution in [2.75, 3.05) is 5.32 Å². The second kappa shape index (κ2) is 8.11. The van der Waals surface area contributed by atoms with Gasteiger partial charge in [0.2, 0.25) is 0 Å². The van der Waals surface area contributed by atoms with Gasteiger partial charge in [-0.25, -0.2) is 4.98 Å². The van der Waals surface area contributed by atoms with Crippen LogP contribution in [0.3, 0.4) is 0 Å². The lowest BCUT2D eigenvalue weighted by molar-refractivity contribution is -0.136. The van der Waals surface area contributed by atoms with E-state index in [9.17, 15) is 9.90 Å². The van der Waals surface area contributed by atoms with E-state index in [2.05, 4.69) is 36.3 Å². The Kier molecular flexibility index (Phi) is 5.82. The highest BCUT2D eigenvalue weighted by Gasteiger charge is 2.16. The first-order valence-electron chi connectivity index (χ1n) is 8.68. The molecule has 0 aliphatic rings.